The normalized spacial score (nSPS) is 12.2. The number of carbonyl (C=O) groups excluding carboxylic acids is 2. The van der Waals surface area contributed by atoms with Crippen LogP contribution >= 0.6 is 24.8 Å². The number of rotatable bonds is 6. The summed E-state index contributed by atoms with van der Waals surface area (Å²) in [5, 5.41) is 4.54. The fourth-order valence-corrected chi connectivity index (χ4v) is 1.56. The number of ether oxygens (including phenoxy) is 2. The Morgan fingerprint density at radius 2 is 1.38 bits per heavy atom. The monoisotopic (exact) mass is 422 g/mol. The van der Waals surface area contributed by atoms with Crippen molar-refractivity contribution in [1.82, 2.24) is 10.6 Å². The maximum Gasteiger partial charge on any atom is 0.408 e. The molecule has 2 amide bonds. The highest BCUT2D eigenvalue weighted by molar-refractivity contribution is 5.85. The van der Waals surface area contributed by atoms with E-state index in [0.717, 1.165) is 0 Å². The summed E-state index contributed by atoms with van der Waals surface area (Å²) in [6.45, 7) is 13.6. The van der Waals surface area contributed by atoms with Gasteiger partial charge in [-0.05, 0) is 48.0 Å². The third kappa shape index (κ3) is 16.2. The van der Waals surface area contributed by atoms with E-state index >= 15 is 0 Å². The molecule has 156 valence electrons. The van der Waals surface area contributed by atoms with Gasteiger partial charge in [0.05, 0.1) is 6.04 Å². The topological polar surface area (TPSA) is 76.7 Å². The van der Waals surface area contributed by atoms with Crippen molar-refractivity contribution in [2.75, 3.05) is 6.54 Å². The molecule has 26 heavy (non-hydrogen) atoms. The lowest BCUT2D eigenvalue weighted by atomic mass is 10.1. The molecule has 0 aliphatic heterocycles. The van der Waals surface area contributed by atoms with E-state index in [-0.39, 0.29) is 37.8 Å². The molecule has 0 saturated carbocycles. The number of alkyl halides is 2. The van der Waals surface area contributed by atoms with E-state index in [1.165, 1.54) is 0 Å². The quantitative estimate of drug-likeness (QED) is 0.619. The maximum absolute atomic E-state index is 13.1. The summed E-state index contributed by atoms with van der Waals surface area (Å²) in [5.74, 6) is 0. The molecule has 1 atom stereocenters. The fraction of sp³-hybridized carbons (Fsp3) is 0.750. The van der Waals surface area contributed by atoms with Crippen LogP contribution in [0.3, 0.4) is 0 Å². The van der Waals surface area contributed by atoms with Crippen molar-refractivity contribution in [3.05, 3.63) is 12.2 Å². The number of carbonyl (C=O) groups is 2. The van der Waals surface area contributed by atoms with Gasteiger partial charge in [0, 0.05) is 6.54 Å². The molecule has 0 fully saturated rings. The second kappa shape index (κ2) is 12.2. The van der Waals surface area contributed by atoms with Crippen molar-refractivity contribution in [1.29, 1.82) is 0 Å². The van der Waals surface area contributed by atoms with E-state index in [2.05, 4.69) is 17.2 Å². The van der Waals surface area contributed by atoms with Gasteiger partial charge in [-0.25, -0.2) is 18.4 Å². The van der Waals surface area contributed by atoms with Gasteiger partial charge >= 0.3 is 12.2 Å². The molecule has 0 saturated heterocycles. The fourth-order valence-electron chi connectivity index (χ4n) is 1.56. The molecule has 0 spiro atoms. The van der Waals surface area contributed by atoms with E-state index in [0.29, 0.717) is 5.57 Å². The van der Waals surface area contributed by atoms with E-state index in [1.807, 2.05) is 0 Å². The van der Waals surface area contributed by atoms with Gasteiger partial charge in [0.15, 0.2) is 0 Å². The first-order chi connectivity index (χ1) is 10.7. The average Bonchev–Trinajstić information content (AvgIpc) is 2.31. The second-order valence-corrected chi connectivity index (χ2v) is 7.40. The Labute approximate surface area is 166 Å². The van der Waals surface area contributed by atoms with Crippen LogP contribution in [0.1, 0.15) is 48.0 Å². The Balaban J connectivity index is -0.00000264. The smallest absolute Gasteiger partial charge is 0.408 e. The highest BCUT2D eigenvalue weighted by Gasteiger charge is 2.26. The largest absolute Gasteiger partial charge is 0.444 e. The summed E-state index contributed by atoms with van der Waals surface area (Å²) in [4.78, 5) is 23.1. The summed E-state index contributed by atoms with van der Waals surface area (Å²) >= 11 is 0. The predicted molar refractivity (Wildman–Crippen MR) is 102 cm³/mol. The maximum atomic E-state index is 13.1. The Morgan fingerprint density at radius 3 is 1.77 bits per heavy atom. The lowest BCUT2D eigenvalue weighted by Gasteiger charge is -2.24. The Hall–Kier alpha value is -1.28. The van der Waals surface area contributed by atoms with Gasteiger partial charge in [-0.15, -0.1) is 24.8 Å². The number of halogens is 4. The number of amides is 2. The van der Waals surface area contributed by atoms with Crippen molar-refractivity contribution >= 4 is 37.0 Å². The summed E-state index contributed by atoms with van der Waals surface area (Å²) in [7, 11) is 0. The van der Waals surface area contributed by atoms with Crippen molar-refractivity contribution in [2.24, 2.45) is 0 Å². The average molecular weight is 423 g/mol. The number of alkyl carbamates (subject to hydrolysis) is 2. The molecular weight excluding hydrogens is 393 g/mol. The molecule has 0 aromatic carbocycles. The van der Waals surface area contributed by atoms with Gasteiger partial charge in [-0.3, -0.25) is 0 Å². The molecule has 0 heterocycles. The van der Waals surface area contributed by atoms with E-state index < -0.39 is 35.9 Å². The SMILES string of the molecule is C=C(CNC(=O)OC(C)(C)C)CC(NC(=O)OC(C)(C)C)C(F)F.Cl.Cl. The molecule has 0 aromatic rings. The van der Waals surface area contributed by atoms with Crippen LogP contribution < -0.4 is 10.6 Å². The molecular formula is C16H30Cl2F2N2O4. The van der Waals surface area contributed by atoms with Gasteiger partial charge in [0.2, 0.25) is 0 Å². The molecule has 0 aromatic heterocycles. The Bertz CT molecular complexity index is 464. The number of hydrogen-bond acceptors (Lipinski definition) is 4. The summed E-state index contributed by atoms with van der Waals surface area (Å²) in [6, 6.07) is -1.45. The minimum absolute atomic E-state index is 0. The zero-order valence-corrected chi connectivity index (χ0v) is 17.6. The van der Waals surface area contributed by atoms with E-state index in [9.17, 15) is 18.4 Å². The van der Waals surface area contributed by atoms with Crippen LogP contribution in [0.5, 0.6) is 0 Å². The number of nitrogens with one attached hydrogen (secondary N) is 2. The lowest BCUT2D eigenvalue weighted by molar-refractivity contribution is 0.0372. The molecule has 0 bridgehead atoms. The third-order valence-corrected chi connectivity index (χ3v) is 2.40. The van der Waals surface area contributed by atoms with Gasteiger partial charge < -0.3 is 20.1 Å². The molecule has 6 nitrogen and oxygen atoms in total. The van der Waals surface area contributed by atoms with Crippen LogP contribution in [0, 0.1) is 0 Å². The molecule has 1 unspecified atom stereocenters. The zero-order valence-electron chi connectivity index (χ0n) is 16.0. The van der Waals surface area contributed by atoms with Crippen LogP contribution in [-0.2, 0) is 9.47 Å². The molecule has 0 aliphatic rings. The van der Waals surface area contributed by atoms with Crippen LogP contribution in [0.15, 0.2) is 12.2 Å². The van der Waals surface area contributed by atoms with Crippen molar-refractivity contribution < 1.29 is 27.8 Å². The molecule has 0 aliphatic carbocycles. The van der Waals surface area contributed by atoms with E-state index in [1.54, 1.807) is 41.5 Å². The van der Waals surface area contributed by atoms with Crippen molar-refractivity contribution in [3.63, 3.8) is 0 Å². The van der Waals surface area contributed by atoms with Gasteiger partial charge in [-0.1, -0.05) is 12.2 Å². The van der Waals surface area contributed by atoms with Crippen LogP contribution in [0.25, 0.3) is 0 Å². The first-order valence-corrected chi connectivity index (χ1v) is 7.61. The molecule has 0 radical (unpaired) electrons. The Kier molecular flexibility index (Phi) is 13.8. The first-order valence-electron chi connectivity index (χ1n) is 7.61. The van der Waals surface area contributed by atoms with Gasteiger partial charge in [0.1, 0.15) is 11.2 Å². The van der Waals surface area contributed by atoms with Gasteiger partial charge in [-0.2, -0.15) is 0 Å². The van der Waals surface area contributed by atoms with Crippen molar-refractivity contribution in [2.45, 2.75) is 71.6 Å². The number of hydrogen-bond donors (Lipinski definition) is 2. The van der Waals surface area contributed by atoms with Crippen LogP contribution in [-0.4, -0.2) is 42.4 Å². The minimum Gasteiger partial charge on any atom is -0.444 e. The second-order valence-electron chi connectivity index (χ2n) is 7.40. The molecule has 2 N–H and O–H groups in total. The lowest BCUT2D eigenvalue weighted by Crippen LogP contribution is -2.43. The summed E-state index contributed by atoms with van der Waals surface area (Å²) in [6.07, 6.45) is -4.60. The zero-order chi connectivity index (χ0) is 19.1. The minimum atomic E-state index is -2.80. The first kappa shape index (κ1) is 29.5. The standard InChI is InChI=1S/C16H28F2N2O4.2ClH/c1-10(9-19-13(21)23-15(2,3)4)8-11(12(17)18)20-14(22)24-16(5,6)7;;/h11-12H,1,8-9H2,2-7H3,(H,19,21)(H,20,22);2*1H. The summed E-state index contributed by atoms with van der Waals surface area (Å²) < 4.78 is 36.1. The summed E-state index contributed by atoms with van der Waals surface area (Å²) in [5.41, 5.74) is -1.12. The predicted octanol–water partition coefficient (Wildman–Crippen LogP) is 4.46. The molecule has 10 heteroatoms. The highest BCUT2D eigenvalue weighted by atomic mass is 35.5. The highest BCUT2D eigenvalue weighted by Crippen LogP contribution is 2.13. The van der Waals surface area contributed by atoms with Crippen LogP contribution in [0.4, 0.5) is 18.4 Å². The Morgan fingerprint density at radius 1 is 0.962 bits per heavy atom. The molecule has 0 rings (SSSR count). The third-order valence-electron chi connectivity index (χ3n) is 2.40. The van der Waals surface area contributed by atoms with E-state index in [4.69, 9.17) is 9.47 Å². The van der Waals surface area contributed by atoms with Crippen LogP contribution in [0.2, 0.25) is 0 Å². The van der Waals surface area contributed by atoms with Crippen molar-refractivity contribution in [3.8, 4) is 0 Å². The van der Waals surface area contributed by atoms with Gasteiger partial charge in [0.25, 0.3) is 6.43 Å².